The minimum Gasteiger partial charge on any atom is -0.465 e. The summed E-state index contributed by atoms with van der Waals surface area (Å²) in [5.41, 5.74) is 3.35. The summed E-state index contributed by atoms with van der Waals surface area (Å²) in [4.78, 5) is 25.4. The number of ether oxygens (including phenoxy) is 1. The lowest BCUT2D eigenvalue weighted by Crippen LogP contribution is -2.20. The number of carbonyl (C=O) groups excluding carboxylic acids is 2. The molecule has 2 N–H and O–H groups in total. The van der Waals surface area contributed by atoms with Gasteiger partial charge in [-0.3, -0.25) is 5.32 Å². The molecule has 1 aromatic carbocycles. The van der Waals surface area contributed by atoms with E-state index in [1.54, 1.807) is 0 Å². The van der Waals surface area contributed by atoms with E-state index < -0.39 is 5.97 Å². The number of thiophene rings is 1. The van der Waals surface area contributed by atoms with E-state index in [0.717, 1.165) is 35.3 Å². The van der Waals surface area contributed by atoms with Crippen molar-refractivity contribution in [1.29, 1.82) is 0 Å². The van der Waals surface area contributed by atoms with Gasteiger partial charge >= 0.3 is 12.0 Å². The van der Waals surface area contributed by atoms with Crippen molar-refractivity contribution in [1.82, 2.24) is 0 Å². The predicted octanol–water partition coefficient (Wildman–Crippen LogP) is 3.98. The van der Waals surface area contributed by atoms with Gasteiger partial charge in [-0.25, -0.2) is 9.59 Å². The molecule has 2 aromatic rings. The molecule has 0 aliphatic heterocycles. The quantitative estimate of drug-likeness (QED) is 0.837. The molecule has 0 bridgehead atoms. The molecule has 5 nitrogen and oxygen atoms in total. The molecule has 120 valence electrons. The molecule has 0 saturated carbocycles. The van der Waals surface area contributed by atoms with Gasteiger partial charge in [0.05, 0.1) is 12.7 Å². The number of methoxy groups -OCH3 is 1. The number of benzene rings is 1. The molecule has 0 saturated heterocycles. The average molecular weight is 330 g/mol. The van der Waals surface area contributed by atoms with E-state index in [1.807, 2.05) is 31.2 Å². The smallest absolute Gasteiger partial charge is 0.341 e. The van der Waals surface area contributed by atoms with E-state index >= 15 is 0 Å². The minimum absolute atomic E-state index is 0.362. The Labute approximate surface area is 138 Å². The highest BCUT2D eigenvalue weighted by Gasteiger charge is 2.27. The van der Waals surface area contributed by atoms with Gasteiger partial charge in [-0.05, 0) is 43.9 Å². The summed E-state index contributed by atoms with van der Waals surface area (Å²) in [6, 6.07) is 7.17. The predicted molar refractivity (Wildman–Crippen MR) is 91.5 cm³/mol. The van der Waals surface area contributed by atoms with Gasteiger partial charge in [0, 0.05) is 10.6 Å². The van der Waals surface area contributed by atoms with E-state index in [-0.39, 0.29) is 6.03 Å². The van der Waals surface area contributed by atoms with E-state index in [1.165, 1.54) is 18.4 Å². The van der Waals surface area contributed by atoms with Crippen molar-refractivity contribution in [2.24, 2.45) is 0 Å². The van der Waals surface area contributed by atoms with Crippen LogP contribution in [0.4, 0.5) is 15.5 Å². The molecule has 0 radical (unpaired) electrons. The number of anilines is 2. The number of aryl methyl sites for hydroxylation is 2. The number of carbonyl (C=O) groups is 2. The molecule has 0 atom stereocenters. The van der Waals surface area contributed by atoms with Crippen molar-refractivity contribution in [3.8, 4) is 0 Å². The third-order valence-corrected chi connectivity index (χ3v) is 5.05. The lowest BCUT2D eigenvalue weighted by atomic mass is 10.1. The molecule has 1 aliphatic rings. The van der Waals surface area contributed by atoms with Crippen LogP contribution in [-0.4, -0.2) is 19.1 Å². The number of nitrogens with one attached hydrogen (secondary N) is 2. The monoisotopic (exact) mass is 330 g/mol. The average Bonchev–Trinajstić information content (AvgIpc) is 3.09. The number of rotatable bonds is 3. The second kappa shape index (κ2) is 6.42. The number of hydrogen-bond donors (Lipinski definition) is 2. The molecular formula is C17H18N2O3S. The molecule has 1 aliphatic carbocycles. The van der Waals surface area contributed by atoms with Crippen molar-refractivity contribution in [2.45, 2.75) is 26.2 Å². The Morgan fingerprint density at radius 1 is 1.13 bits per heavy atom. The van der Waals surface area contributed by atoms with Crippen molar-refractivity contribution in [3.63, 3.8) is 0 Å². The molecule has 1 heterocycles. The highest BCUT2D eigenvalue weighted by atomic mass is 32.1. The second-order valence-electron chi connectivity index (χ2n) is 5.50. The summed E-state index contributed by atoms with van der Waals surface area (Å²) in [6.07, 6.45) is 2.85. The fourth-order valence-electron chi connectivity index (χ4n) is 2.71. The number of urea groups is 1. The number of amides is 2. The maximum atomic E-state index is 12.2. The third-order valence-electron chi connectivity index (χ3n) is 3.85. The summed E-state index contributed by atoms with van der Waals surface area (Å²) < 4.78 is 4.87. The van der Waals surface area contributed by atoms with Gasteiger partial charge in [-0.1, -0.05) is 17.7 Å². The fourth-order valence-corrected chi connectivity index (χ4v) is 3.99. The van der Waals surface area contributed by atoms with Crippen molar-refractivity contribution < 1.29 is 14.3 Å². The van der Waals surface area contributed by atoms with Gasteiger partial charge in [0.15, 0.2) is 0 Å². The Morgan fingerprint density at radius 2 is 1.87 bits per heavy atom. The van der Waals surface area contributed by atoms with Crippen LogP contribution < -0.4 is 10.6 Å². The molecule has 1 aromatic heterocycles. The molecular weight excluding hydrogens is 312 g/mol. The largest absolute Gasteiger partial charge is 0.465 e. The van der Waals surface area contributed by atoms with Crippen LogP contribution in [0.2, 0.25) is 0 Å². The minimum atomic E-state index is -0.393. The van der Waals surface area contributed by atoms with Gasteiger partial charge in [-0.15, -0.1) is 11.3 Å². The first-order valence-electron chi connectivity index (χ1n) is 7.46. The Balaban J connectivity index is 1.78. The van der Waals surface area contributed by atoms with Gasteiger partial charge in [0.25, 0.3) is 0 Å². The highest BCUT2D eigenvalue weighted by molar-refractivity contribution is 7.17. The first kappa shape index (κ1) is 15.6. The zero-order chi connectivity index (χ0) is 16.4. The zero-order valence-corrected chi connectivity index (χ0v) is 13.9. The van der Waals surface area contributed by atoms with Gasteiger partial charge < -0.3 is 10.1 Å². The summed E-state index contributed by atoms with van der Waals surface area (Å²) in [7, 11) is 1.36. The molecule has 0 fully saturated rings. The number of fused-ring (bicyclic) bond motifs is 1. The Kier molecular flexibility index (Phi) is 4.34. The standard InChI is InChI=1S/C17H18N2O3S/c1-10-6-8-11(9-7-10)18-17(21)19-15-14(16(20)22-2)12-4-3-5-13(12)23-15/h6-9H,3-5H2,1-2H3,(H2,18,19,21). The van der Waals surface area contributed by atoms with Gasteiger partial charge in [0.1, 0.15) is 5.00 Å². The first-order chi connectivity index (χ1) is 11.1. The molecule has 6 heteroatoms. The zero-order valence-electron chi connectivity index (χ0n) is 13.1. The highest BCUT2D eigenvalue weighted by Crippen LogP contribution is 2.39. The van der Waals surface area contributed by atoms with Crippen LogP contribution in [0.25, 0.3) is 0 Å². The van der Waals surface area contributed by atoms with Gasteiger partial charge in [-0.2, -0.15) is 0 Å². The van der Waals surface area contributed by atoms with Gasteiger partial charge in [0.2, 0.25) is 0 Å². The fraction of sp³-hybridized carbons (Fsp3) is 0.294. The normalized spacial score (nSPS) is 12.6. The van der Waals surface area contributed by atoms with E-state index in [9.17, 15) is 9.59 Å². The molecule has 23 heavy (non-hydrogen) atoms. The van der Waals surface area contributed by atoms with Crippen LogP contribution in [0.5, 0.6) is 0 Å². The van der Waals surface area contributed by atoms with Crippen molar-refractivity contribution in [3.05, 3.63) is 45.8 Å². The van der Waals surface area contributed by atoms with Crippen LogP contribution >= 0.6 is 11.3 Å². The SMILES string of the molecule is COC(=O)c1c(NC(=O)Nc2ccc(C)cc2)sc2c1CCC2. The molecule has 0 unspecified atom stereocenters. The lowest BCUT2D eigenvalue weighted by molar-refractivity contribution is 0.0601. The van der Waals surface area contributed by atoms with E-state index in [2.05, 4.69) is 10.6 Å². The molecule has 3 rings (SSSR count). The second-order valence-corrected chi connectivity index (χ2v) is 6.60. The van der Waals surface area contributed by atoms with Crippen molar-refractivity contribution in [2.75, 3.05) is 17.7 Å². The lowest BCUT2D eigenvalue weighted by Gasteiger charge is -2.09. The Bertz CT molecular complexity index is 750. The van der Waals surface area contributed by atoms with Crippen LogP contribution in [-0.2, 0) is 17.6 Å². The van der Waals surface area contributed by atoms with Crippen LogP contribution in [0.15, 0.2) is 24.3 Å². The molecule has 2 amide bonds. The topological polar surface area (TPSA) is 67.4 Å². The van der Waals surface area contributed by atoms with E-state index in [4.69, 9.17) is 4.74 Å². The third kappa shape index (κ3) is 3.22. The number of hydrogen-bond acceptors (Lipinski definition) is 4. The van der Waals surface area contributed by atoms with Crippen LogP contribution in [0.3, 0.4) is 0 Å². The van der Waals surface area contributed by atoms with Crippen LogP contribution in [0, 0.1) is 6.92 Å². The summed E-state index contributed by atoms with van der Waals surface area (Å²) in [5, 5.41) is 6.12. The number of esters is 1. The maximum absolute atomic E-state index is 12.2. The summed E-state index contributed by atoms with van der Waals surface area (Å²) in [5.74, 6) is -0.393. The Hall–Kier alpha value is -2.34. The first-order valence-corrected chi connectivity index (χ1v) is 8.27. The molecule has 0 spiro atoms. The van der Waals surface area contributed by atoms with Crippen LogP contribution in [0.1, 0.15) is 32.8 Å². The van der Waals surface area contributed by atoms with E-state index in [0.29, 0.717) is 16.3 Å². The maximum Gasteiger partial charge on any atom is 0.341 e. The van der Waals surface area contributed by atoms with Crippen molar-refractivity contribution >= 4 is 34.0 Å². The summed E-state index contributed by atoms with van der Waals surface area (Å²) >= 11 is 1.46. The summed E-state index contributed by atoms with van der Waals surface area (Å²) in [6.45, 7) is 1.99. The Morgan fingerprint density at radius 3 is 2.57 bits per heavy atom.